The first kappa shape index (κ1) is 21.0. The highest BCUT2D eigenvalue weighted by molar-refractivity contribution is 7.89. The summed E-state index contributed by atoms with van der Waals surface area (Å²) in [4.78, 5) is 17.5. The number of morpholine rings is 1. The Hall–Kier alpha value is -2.30. The fourth-order valence-electron chi connectivity index (χ4n) is 3.70. The zero-order valence-electron chi connectivity index (χ0n) is 17.5. The highest BCUT2D eigenvalue weighted by Crippen LogP contribution is 2.24. The lowest BCUT2D eigenvalue weighted by Crippen LogP contribution is -2.38. The number of nitrogens with one attached hydrogen (secondary N) is 1. The van der Waals surface area contributed by atoms with Crippen LogP contribution in [0.1, 0.15) is 29.8 Å². The van der Waals surface area contributed by atoms with Crippen molar-refractivity contribution in [2.24, 2.45) is 0 Å². The summed E-state index contributed by atoms with van der Waals surface area (Å²) in [6.45, 7) is 2.61. The molecule has 0 unspecified atom stereocenters. The lowest BCUT2D eigenvalue weighted by atomic mass is 9.92. The average Bonchev–Trinajstić information content (AvgIpc) is 2.78. The number of fused-ring (bicyclic) bond motifs is 1. The second-order valence-electron chi connectivity index (χ2n) is 7.81. The van der Waals surface area contributed by atoms with Crippen LogP contribution in [0.2, 0.25) is 0 Å². The molecule has 2 aromatic rings. The van der Waals surface area contributed by atoms with Crippen molar-refractivity contribution >= 4 is 21.9 Å². The zero-order chi connectivity index (χ0) is 21.1. The van der Waals surface area contributed by atoms with Crippen LogP contribution in [0.25, 0.3) is 0 Å². The van der Waals surface area contributed by atoms with E-state index >= 15 is 0 Å². The minimum atomic E-state index is -3.66. The van der Waals surface area contributed by atoms with E-state index in [1.165, 1.54) is 5.56 Å². The Bertz CT molecular complexity index is 1010. The maximum Gasteiger partial charge on any atom is 0.240 e. The Morgan fingerprint density at radius 3 is 2.53 bits per heavy atom. The fourth-order valence-corrected chi connectivity index (χ4v) is 4.73. The van der Waals surface area contributed by atoms with Gasteiger partial charge in [0.05, 0.1) is 24.7 Å². The second-order valence-corrected chi connectivity index (χ2v) is 9.57. The number of benzene rings is 1. The smallest absolute Gasteiger partial charge is 0.240 e. The minimum Gasteiger partial charge on any atom is -0.378 e. The number of aryl methyl sites for hydroxylation is 2. The number of sulfonamides is 1. The third-order valence-corrected chi connectivity index (χ3v) is 6.80. The topological polar surface area (TPSA) is 101 Å². The van der Waals surface area contributed by atoms with Crippen LogP contribution in [0, 0.1) is 0 Å². The molecule has 1 aromatic heterocycles. The number of ether oxygens (including phenoxy) is 1. The Kier molecular flexibility index (Phi) is 6.16. The van der Waals surface area contributed by atoms with Crippen molar-refractivity contribution in [3.05, 3.63) is 35.2 Å². The molecule has 1 saturated heterocycles. The van der Waals surface area contributed by atoms with Crippen molar-refractivity contribution in [2.75, 3.05) is 50.2 Å². The fraction of sp³-hybridized carbons (Fsp3) is 0.550. The maximum absolute atomic E-state index is 12.9. The maximum atomic E-state index is 12.9. The molecule has 1 aliphatic heterocycles. The molecular formula is C20H28N6O3S. The van der Waals surface area contributed by atoms with Gasteiger partial charge < -0.3 is 14.5 Å². The van der Waals surface area contributed by atoms with E-state index in [4.69, 9.17) is 4.74 Å². The number of rotatable bonds is 6. The summed E-state index contributed by atoms with van der Waals surface area (Å²) >= 11 is 0. The largest absolute Gasteiger partial charge is 0.378 e. The van der Waals surface area contributed by atoms with E-state index in [1.807, 2.05) is 25.1 Å². The molecule has 0 amide bonds. The van der Waals surface area contributed by atoms with Crippen molar-refractivity contribution in [3.63, 3.8) is 0 Å². The summed E-state index contributed by atoms with van der Waals surface area (Å²) in [6, 6.07) is 5.42. The summed E-state index contributed by atoms with van der Waals surface area (Å²) in [7, 11) is 0.0331. The molecule has 1 N–H and O–H groups in total. The van der Waals surface area contributed by atoms with E-state index in [9.17, 15) is 8.42 Å². The molecule has 1 aromatic carbocycles. The first-order valence-electron chi connectivity index (χ1n) is 10.3. The third kappa shape index (κ3) is 4.71. The molecule has 30 heavy (non-hydrogen) atoms. The third-order valence-electron chi connectivity index (χ3n) is 5.40. The summed E-state index contributed by atoms with van der Waals surface area (Å²) < 4.78 is 33.8. The molecule has 0 radical (unpaired) electrons. The molecule has 4 rings (SSSR count). The minimum absolute atomic E-state index is 0.000117. The van der Waals surface area contributed by atoms with E-state index in [1.54, 1.807) is 17.0 Å². The van der Waals surface area contributed by atoms with Gasteiger partial charge >= 0.3 is 0 Å². The number of aromatic nitrogens is 3. The molecule has 162 valence electrons. The highest BCUT2D eigenvalue weighted by atomic mass is 32.2. The van der Waals surface area contributed by atoms with Crippen LogP contribution in [0.4, 0.5) is 11.9 Å². The van der Waals surface area contributed by atoms with Gasteiger partial charge in [-0.05, 0) is 48.9 Å². The molecule has 9 nitrogen and oxygen atoms in total. The van der Waals surface area contributed by atoms with Gasteiger partial charge in [0.15, 0.2) is 5.82 Å². The summed E-state index contributed by atoms with van der Waals surface area (Å²) in [5, 5.41) is 0. The van der Waals surface area contributed by atoms with Gasteiger partial charge in [0.2, 0.25) is 21.9 Å². The van der Waals surface area contributed by atoms with Gasteiger partial charge in [-0.2, -0.15) is 15.0 Å². The summed E-state index contributed by atoms with van der Waals surface area (Å²) in [5.41, 5.74) is 2.39. The van der Waals surface area contributed by atoms with E-state index < -0.39 is 10.0 Å². The van der Waals surface area contributed by atoms with Crippen LogP contribution in [0.5, 0.6) is 0 Å². The molecule has 0 bridgehead atoms. The highest BCUT2D eigenvalue weighted by Gasteiger charge is 2.20. The van der Waals surface area contributed by atoms with Crippen LogP contribution in [-0.2, 0) is 34.1 Å². The lowest BCUT2D eigenvalue weighted by Gasteiger charge is -2.27. The average molecular weight is 433 g/mol. The van der Waals surface area contributed by atoms with E-state index in [2.05, 4.69) is 19.7 Å². The Balaban J connectivity index is 1.54. The van der Waals surface area contributed by atoms with Crippen LogP contribution in [0.3, 0.4) is 0 Å². The zero-order valence-corrected chi connectivity index (χ0v) is 18.3. The Morgan fingerprint density at radius 2 is 1.80 bits per heavy atom. The van der Waals surface area contributed by atoms with E-state index in [0.717, 1.165) is 31.2 Å². The van der Waals surface area contributed by atoms with Crippen LogP contribution >= 0.6 is 0 Å². The molecule has 2 heterocycles. The van der Waals surface area contributed by atoms with Gasteiger partial charge in [0.25, 0.3) is 0 Å². The summed E-state index contributed by atoms with van der Waals surface area (Å²) in [6.07, 6.45) is 4.22. The number of hydrogen-bond donors (Lipinski definition) is 1. The Morgan fingerprint density at radius 1 is 1.07 bits per heavy atom. The molecular weight excluding hydrogens is 404 g/mol. The molecule has 10 heteroatoms. The first-order chi connectivity index (χ1) is 14.4. The number of nitrogens with zero attached hydrogens (tertiary/aromatic N) is 5. The Labute approximate surface area is 177 Å². The quantitative estimate of drug-likeness (QED) is 0.725. The number of anilines is 2. The SMILES string of the molecule is CN(C)c1nc(CNS(=O)(=O)c2ccc3c(c2)CCCC3)nc(N2CCOCC2)n1. The van der Waals surface area contributed by atoms with Crippen LogP contribution in [-0.4, -0.2) is 63.8 Å². The van der Waals surface area contributed by atoms with Gasteiger partial charge in [0, 0.05) is 27.2 Å². The molecule has 0 spiro atoms. The monoisotopic (exact) mass is 432 g/mol. The summed E-state index contributed by atoms with van der Waals surface area (Å²) in [5.74, 6) is 1.42. The molecule has 1 aliphatic carbocycles. The van der Waals surface area contributed by atoms with Crippen molar-refractivity contribution in [1.29, 1.82) is 0 Å². The number of hydrogen-bond acceptors (Lipinski definition) is 8. The molecule has 2 aliphatic rings. The predicted octanol–water partition coefficient (Wildman–Crippen LogP) is 1.13. The molecule has 0 atom stereocenters. The van der Waals surface area contributed by atoms with Gasteiger partial charge in [-0.1, -0.05) is 6.07 Å². The molecule has 0 saturated carbocycles. The lowest BCUT2D eigenvalue weighted by molar-refractivity contribution is 0.122. The van der Waals surface area contributed by atoms with Crippen molar-refractivity contribution < 1.29 is 13.2 Å². The second kappa shape index (κ2) is 8.83. The van der Waals surface area contributed by atoms with E-state index in [-0.39, 0.29) is 6.54 Å². The first-order valence-corrected chi connectivity index (χ1v) is 11.8. The van der Waals surface area contributed by atoms with Crippen molar-refractivity contribution in [3.8, 4) is 0 Å². The van der Waals surface area contributed by atoms with Crippen LogP contribution in [0.15, 0.2) is 23.1 Å². The predicted molar refractivity (Wildman–Crippen MR) is 114 cm³/mol. The van der Waals surface area contributed by atoms with Crippen LogP contribution < -0.4 is 14.5 Å². The molecule has 1 fully saturated rings. The van der Waals surface area contributed by atoms with E-state index in [0.29, 0.717) is 48.9 Å². The van der Waals surface area contributed by atoms with Gasteiger partial charge in [-0.3, -0.25) is 0 Å². The normalized spacial score (nSPS) is 16.9. The van der Waals surface area contributed by atoms with Gasteiger partial charge in [-0.15, -0.1) is 0 Å². The van der Waals surface area contributed by atoms with Crippen molar-refractivity contribution in [1.82, 2.24) is 19.7 Å². The van der Waals surface area contributed by atoms with Crippen molar-refractivity contribution in [2.45, 2.75) is 37.1 Å². The van der Waals surface area contributed by atoms with Gasteiger partial charge in [-0.25, -0.2) is 13.1 Å². The van der Waals surface area contributed by atoms with Gasteiger partial charge in [0.1, 0.15) is 0 Å². The standard InChI is InChI=1S/C20H28N6O3S/c1-25(2)19-22-18(23-20(24-19)26-9-11-29-12-10-26)14-21-30(27,28)17-8-7-15-5-3-4-6-16(15)13-17/h7-8,13,21H,3-6,9-12,14H2,1-2H3.